The van der Waals surface area contributed by atoms with Crippen LogP contribution in [0.15, 0.2) is 42.5 Å². The van der Waals surface area contributed by atoms with E-state index in [2.05, 4.69) is 38.1 Å². The molecule has 0 saturated carbocycles. The fourth-order valence-corrected chi connectivity index (χ4v) is 2.30. The van der Waals surface area contributed by atoms with Crippen molar-refractivity contribution in [1.82, 2.24) is 0 Å². The quantitative estimate of drug-likeness (QED) is 0.688. The van der Waals surface area contributed by atoms with E-state index in [9.17, 15) is 0 Å². The van der Waals surface area contributed by atoms with Crippen molar-refractivity contribution in [3.63, 3.8) is 0 Å². The van der Waals surface area contributed by atoms with E-state index < -0.39 is 0 Å². The molecule has 2 aromatic carbocycles. The summed E-state index contributed by atoms with van der Waals surface area (Å²) < 4.78 is 11.1. The van der Waals surface area contributed by atoms with E-state index in [1.165, 1.54) is 5.56 Å². The molecule has 2 rings (SSSR count). The largest absolute Gasteiger partial charge is 0.497 e. The number of methoxy groups -OCH3 is 1. The molecule has 0 fully saturated rings. The minimum atomic E-state index is 0.402. The molecule has 0 aromatic heterocycles. The molecule has 0 spiro atoms. The lowest BCUT2D eigenvalue weighted by molar-refractivity contribution is 0.303. The van der Waals surface area contributed by atoms with Crippen LogP contribution >= 0.6 is 11.6 Å². The molecular formula is C18H21ClO2. The molecule has 0 radical (unpaired) electrons. The van der Waals surface area contributed by atoms with E-state index in [0.29, 0.717) is 18.4 Å². The maximum atomic E-state index is 5.96. The lowest BCUT2D eigenvalue weighted by atomic mass is 10.0. The van der Waals surface area contributed by atoms with Crippen molar-refractivity contribution in [2.24, 2.45) is 0 Å². The van der Waals surface area contributed by atoms with Crippen molar-refractivity contribution in [1.29, 1.82) is 0 Å². The second-order valence-electron chi connectivity index (χ2n) is 5.29. The van der Waals surface area contributed by atoms with Gasteiger partial charge in [-0.05, 0) is 35.2 Å². The smallest absolute Gasteiger partial charge is 0.124 e. The molecule has 0 aliphatic heterocycles. The second-order valence-corrected chi connectivity index (χ2v) is 5.56. The van der Waals surface area contributed by atoms with Gasteiger partial charge in [-0.25, -0.2) is 0 Å². The summed E-state index contributed by atoms with van der Waals surface area (Å²) in [6, 6.07) is 14.2. The van der Waals surface area contributed by atoms with Crippen LogP contribution in [-0.4, -0.2) is 7.11 Å². The molecule has 0 unspecified atom stereocenters. The average molecular weight is 305 g/mol. The van der Waals surface area contributed by atoms with Gasteiger partial charge in [0, 0.05) is 5.56 Å². The van der Waals surface area contributed by atoms with Crippen molar-refractivity contribution in [3.05, 3.63) is 59.2 Å². The van der Waals surface area contributed by atoms with Gasteiger partial charge in [0.15, 0.2) is 0 Å². The number of ether oxygens (including phenoxy) is 2. The van der Waals surface area contributed by atoms with Crippen molar-refractivity contribution in [2.45, 2.75) is 32.3 Å². The molecule has 0 bridgehead atoms. The zero-order valence-corrected chi connectivity index (χ0v) is 13.5. The molecule has 0 amide bonds. The Balaban J connectivity index is 2.05. The summed E-state index contributed by atoms with van der Waals surface area (Å²) >= 11 is 5.96. The van der Waals surface area contributed by atoms with Gasteiger partial charge in [0.2, 0.25) is 0 Å². The Morgan fingerprint density at radius 1 is 1.05 bits per heavy atom. The first-order valence-corrected chi connectivity index (χ1v) is 7.62. The third-order valence-electron chi connectivity index (χ3n) is 3.45. The highest BCUT2D eigenvalue weighted by molar-refractivity contribution is 6.17. The predicted octanol–water partition coefficient (Wildman–Crippen LogP) is 5.14. The number of hydrogen-bond donors (Lipinski definition) is 0. The Kier molecular flexibility index (Phi) is 5.51. The summed E-state index contributed by atoms with van der Waals surface area (Å²) in [6.45, 7) is 4.92. The SMILES string of the molecule is COc1ccc(OCc2ccc(C(C)C)cc2)c(CCl)c1. The zero-order chi connectivity index (χ0) is 15.2. The fraction of sp³-hybridized carbons (Fsp3) is 0.333. The third-order valence-corrected chi connectivity index (χ3v) is 3.74. The number of benzene rings is 2. The van der Waals surface area contributed by atoms with Crippen molar-refractivity contribution in [3.8, 4) is 11.5 Å². The van der Waals surface area contributed by atoms with E-state index in [-0.39, 0.29) is 0 Å². The highest BCUT2D eigenvalue weighted by Crippen LogP contribution is 2.26. The van der Waals surface area contributed by atoms with Gasteiger partial charge in [-0.3, -0.25) is 0 Å². The molecule has 112 valence electrons. The van der Waals surface area contributed by atoms with E-state index in [4.69, 9.17) is 21.1 Å². The Labute approximate surface area is 131 Å². The molecule has 21 heavy (non-hydrogen) atoms. The maximum Gasteiger partial charge on any atom is 0.124 e. The Bertz CT molecular complexity index is 576. The van der Waals surface area contributed by atoms with Gasteiger partial charge in [-0.15, -0.1) is 11.6 Å². The van der Waals surface area contributed by atoms with E-state index in [1.54, 1.807) is 7.11 Å². The van der Waals surface area contributed by atoms with Gasteiger partial charge >= 0.3 is 0 Å². The van der Waals surface area contributed by atoms with Crippen molar-refractivity contribution < 1.29 is 9.47 Å². The summed E-state index contributed by atoms with van der Waals surface area (Å²) in [7, 11) is 1.64. The first kappa shape index (κ1) is 15.7. The monoisotopic (exact) mass is 304 g/mol. The topological polar surface area (TPSA) is 18.5 Å². The van der Waals surface area contributed by atoms with Crippen LogP contribution in [-0.2, 0) is 12.5 Å². The van der Waals surface area contributed by atoms with Gasteiger partial charge in [0.25, 0.3) is 0 Å². The van der Waals surface area contributed by atoms with Gasteiger partial charge in [-0.1, -0.05) is 38.1 Å². The van der Waals surface area contributed by atoms with E-state index in [1.807, 2.05) is 18.2 Å². The second kappa shape index (κ2) is 7.37. The molecule has 2 aromatic rings. The molecule has 2 nitrogen and oxygen atoms in total. The number of hydrogen-bond acceptors (Lipinski definition) is 2. The van der Waals surface area contributed by atoms with E-state index in [0.717, 1.165) is 22.6 Å². The molecule has 0 aliphatic carbocycles. The lowest BCUT2D eigenvalue weighted by Crippen LogP contribution is -1.99. The van der Waals surface area contributed by atoms with Crippen LogP contribution in [0.5, 0.6) is 11.5 Å². The van der Waals surface area contributed by atoms with Crippen LogP contribution in [0, 0.1) is 0 Å². The molecule has 0 atom stereocenters. The van der Waals surface area contributed by atoms with Crippen LogP contribution in [0.25, 0.3) is 0 Å². The minimum absolute atomic E-state index is 0.402. The molecular weight excluding hydrogens is 284 g/mol. The fourth-order valence-electron chi connectivity index (χ4n) is 2.09. The normalized spacial score (nSPS) is 10.7. The number of rotatable bonds is 6. The summed E-state index contributed by atoms with van der Waals surface area (Å²) in [6.07, 6.45) is 0. The van der Waals surface area contributed by atoms with E-state index >= 15 is 0 Å². The molecule has 3 heteroatoms. The van der Waals surface area contributed by atoms with Gasteiger partial charge in [-0.2, -0.15) is 0 Å². The van der Waals surface area contributed by atoms with Crippen LogP contribution in [0.2, 0.25) is 0 Å². The summed E-state index contributed by atoms with van der Waals surface area (Å²) in [4.78, 5) is 0. The summed E-state index contributed by atoms with van der Waals surface area (Å²) in [5.74, 6) is 2.54. The molecule has 0 aliphatic rings. The van der Waals surface area contributed by atoms with Crippen molar-refractivity contribution >= 4 is 11.6 Å². The Morgan fingerprint density at radius 3 is 2.33 bits per heavy atom. The maximum absolute atomic E-state index is 5.96. The van der Waals surface area contributed by atoms with Crippen molar-refractivity contribution in [2.75, 3.05) is 7.11 Å². The van der Waals surface area contributed by atoms with Crippen LogP contribution < -0.4 is 9.47 Å². The standard InChI is InChI=1S/C18H21ClO2/c1-13(2)15-6-4-14(5-7-15)12-21-18-9-8-17(20-3)10-16(18)11-19/h4-10,13H,11-12H2,1-3H3. The average Bonchev–Trinajstić information content (AvgIpc) is 2.53. The third kappa shape index (κ3) is 4.15. The Morgan fingerprint density at radius 2 is 1.76 bits per heavy atom. The minimum Gasteiger partial charge on any atom is -0.497 e. The van der Waals surface area contributed by atoms with Crippen LogP contribution in [0.1, 0.15) is 36.5 Å². The van der Waals surface area contributed by atoms with Gasteiger partial charge in [0.05, 0.1) is 13.0 Å². The van der Waals surface area contributed by atoms with Crippen LogP contribution in [0.4, 0.5) is 0 Å². The Hall–Kier alpha value is -1.67. The predicted molar refractivity (Wildman–Crippen MR) is 87.4 cm³/mol. The molecule has 0 heterocycles. The number of alkyl halides is 1. The highest BCUT2D eigenvalue weighted by Gasteiger charge is 2.06. The summed E-state index contributed by atoms with van der Waals surface area (Å²) in [5.41, 5.74) is 3.43. The zero-order valence-electron chi connectivity index (χ0n) is 12.7. The summed E-state index contributed by atoms with van der Waals surface area (Å²) in [5, 5.41) is 0. The first-order valence-electron chi connectivity index (χ1n) is 7.08. The number of halogens is 1. The lowest BCUT2D eigenvalue weighted by Gasteiger charge is -2.12. The first-order chi connectivity index (χ1) is 10.1. The molecule has 0 saturated heterocycles. The van der Waals surface area contributed by atoms with Crippen LogP contribution in [0.3, 0.4) is 0 Å². The highest BCUT2D eigenvalue weighted by atomic mass is 35.5. The van der Waals surface area contributed by atoms with Gasteiger partial charge < -0.3 is 9.47 Å². The molecule has 0 N–H and O–H groups in total. The van der Waals surface area contributed by atoms with Gasteiger partial charge in [0.1, 0.15) is 18.1 Å².